The maximum Gasteiger partial charge on any atom is 0.306 e. The van der Waals surface area contributed by atoms with E-state index < -0.39 is 24.3 Å². The van der Waals surface area contributed by atoms with E-state index in [1.807, 2.05) is 21.1 Å². The molecular formula is C62H121NO8. The Morgan fingerprint density at radius 1 is 0.366 bits per heavy atom. The van der Waals surface area contributed by atoms with Crippen molar-refractivity contribution in [2.45, 2.75) is 334 Å². The second kappa shape index (κ2) is 54.5. The topological polar surface area (TPSA) is 111 Å². The molecule has 0 aliphatic heterocycles. The Hall–Kier alpha value is -1.71. The Labute approximate surface area is 441 Å². The van der Waals surface area contributed by atoms with E-state index >= 15 is 0 Å². The van der Waals surface area contributed by atoms with Crippen molar-refractivity contribution in [3.8, 4) is 0 Å². The molecule has 0 bridgehead atoms. The number of hydrogen-bond donors (Lipinski definition) is 0. The van der Waals surface area contributed by atoms with Crippen molar-refractivity contribution in [2.24, 2.45) is 0 Å². The van der Waals surface area contributed by atoms with Gasteiger partial charge in [0, 0.05) is 12.8 Å². The van der Waals surface area contributed by atoms with Crippen molar-refractivity contribution < 1.29 is 42.9 Å². The van der Waals surface area contributed by atoms with Crippen LogP contribution in [0.1, 0.15) is 322 Å². The first-order valence-electron chi connectivity index (χ1n) is 31.2. The van der Waals surface area contributed by atoms with E-state index in [4.69, 9.17) is 18.9 Å². The molecule has 0 rings (SSSR count). The molecule has 0 saturated heterocycles. The summed E-state index contributed by atoms with van der Waals surface area (Å²) in [6, 6.07) is 0. The summed E-state index contributed by atoms with van der Waals surface area (Å²) in [6.45, 7) is 4.69. The Morgan fingerprint density at radius 2 is 0.634 bits per heavy atom. The average Bonchev–Trinajstić information content (AvgIpc) is 3.34. The third-order valence-electron chi connectivity index (χ3n) is 14.4. The Balaban J connectivity index is 3.67. The molecule has 9 heteroatoms. The number of aliphatic carboxylic acids is 1. The molecule has 71 heavy (non-hydrogen) atoms. The number of nitrogens with zero attached hydrogens (tertiary/aromatic N) is 1. The van der Waals surface area contributed by atoms with Gasteiger partial charge in [0.2, 0.25) is 0 Å². The summed E-state index contributed by atoms with van der Waals surface area (Å²) >= 11 is 0. The number of unbranched alkanes of at least 4 members (excludes halogenated alkanes) is 44. The summed E-state index contributed by atoms with van der Waals surface area (Å²) in [7, 11) is 5.92. The van der Waals surface area contributed by atoms with Crippen LogP contribution in [0.5, 0.6) is 0 Å². The number of carbonyl (C=O) groups is 3. The van der Waals surface area contributed by atoms with Gasteiger partial charge in [-0.1, -0.05) is 296 Å². The molecule has 0 aromatic heterocycles. The van der Waals surface area contributed by atoms with E-state index in [-0.39, 0.29) is 32.2 Å². The highest BCUT2D eigenvalue weighted by Crippen LogP contribution is 2.19. The van der Waals surface area contributed by atoms with Crippen LogP contribution in [-0.4, -0.2) is 82.3 Å². The third kappa shape index (κ3) is 55.9. The van der Waals surface area contributed by atoms with Crippen molar-refractivity contribution >= 4 is 17.9 Å². The second-order valence-corrected chi connectivity index (χ2v) is 22.7. The minimum Gasteiger partial charge on any atom is -0.545 e. The zero-order valence-corrected chi connectivity index (χ0v) is 48.1. The van der Waals surface area contributed by atoms with E-state index in [1.54, 1.807) is 0 Å². The second-order valence-electron chi connectivity index (χ2n) is 22.7. The van der Waals surface area contributed by atoms with Crippen LogP contribution in [0.2, 0.25) is 0 Å². The monoisotopic (exact) mass is 1010 g/mol. The van der Waals surface area contributed by atoms with Gasteiger partial charge in [0.15, 0.2) is 12.4 Å². The Bertz CT molecular complexity index is 1130. The Kier molecular flexibility index (Phi) is 53.2. The number of ether oxygens (including phenoxy) is 4. The maximum absolute atomic E-state index is 12.7. The van der Waals surface area contributed by atoms with Gasteiger partial charge in [0.05, 0.1) is 40.3 Å². The van der Waals surface area contributed by atoms with Crippen LogP contribution in [0.25, 0.3) is 0 Å². The molecule has 0 saturated carbocycles. The lowest BCUT2D eigenvalue weighted by atomic mass is 10.0. The fraction of sp³-hybridized carbons (Fsp3) is 0.952. The highest BCUT2D eigenvalue weighted by Gasteiger charge is 2.22. The van der Waals surface area contributed by atoms with E-state index in [2.05, 4.69) is 13.8 Å². The molecule has 0 aromatic carbocycles. The molecule has 422 valence electrons. The lowest BCUT2D eigenvalue weighted by Crippen LogP contribution is -2.44. The van der Waals surface area contributed by atoms with Crippen LogP contribution in [0, 0.1) is 0 Å². The van der Waals surface area contributed by atoms with Crippen LogP contribution in [-0.2, 0) is 33.3 Å². The molecule has 0 fully saturated rings. The van der Waals surface area contributed by atoms with E-state index in [0.717, 1.165) is 51.4 Å². The quantitative estimate of drug-likeness (QED) is 0.0256. The fourth-order valence-electron chi connectivity index (χ4n) is 9.54. The molecule has 0 spiro atoms. The highest BCUT2D eigenvalue weighted by molar-refractivity contribution is 5.70. The standard InChI is InChI=1S/C62H121NO8/c1-6-8-10-12-13-14-15-16-17-18-19-20-21-22-23-24-25-26-27-28-29-30-31-32-33-34-35-36-37-38-39-40-41-42-43-44-45-46-47-49-51-53-60(65)71-58(56-69-59(64)52-50-48-11-9-7-2)57-70-62(61(66)67)68-55-54-63(3,4)5/h58,62H,6-57H2,1-5H3. The molecule has 0 amide bonds. The van der Waals surface area contributed by atoms with Crippen LogP contribution in [0.15, 0.2) is 0 Å². The number of hydrogen-bond acceptors (Lipinski definition) is 8. The van der Waals surface area contributed by atoms with Gasteiger partial charge in [0.25, 0.3) is 0 Å². The third-order valence-corrected chi connectivity index (χ3v) is 14.4. The lowest BCUT2D eigenvalue weighted by molar-refractivity contribution is -0.870. The van der Waals surface area contributed by atoms with Gasteiger partial charge in [0.1, 0.15) is 13.2 Å². The molecule has 2 unspecified atom stereocenters. The largest absolute Gasteiger partial charge is 0.545 e. The summed E-state index contributed by atoms with van der Waals surface area (Å²) in [6.07, 6.45) is 59.9. The van der Waals surface area contributed by atoms with Gasteiger partial charge >= 0.3 is 11.9 Å². The lowest BCUT2D eigenvalue weighted by Gasteiger charge is -2.26. The first kappa shape index (κ1) is 69.3. The number of esters is 2. The SMILES string of the molecule is CCCCCCCCCCCCCCCCCCCCCCCCCCCCCCCCCCCCCCCCCCCC(=O)OC(COC(=O)CCCCCCC)COC(OCC[N+](C)(C)C)C(=O)[O-]. The zero-order chi connectivity index (χ0) is 52.0. The summed E-state index contributed by atoms with van der Waals surface area (Å²) in [5.41, 5.74) is 0. The van der Waals surface area contributed by atoms with E-state index in [9.17, 15) is 19.5 Å². The van der Waals surface area contributed by atoms with Crippen molar-refractivity contribution in [1.29, 1.82) is 0 Å². The van der Waals surface area contributed by atoms with Crippen molar-refractivity contribution in [3.63, 3.8) is 0 Å². The molecule has 0 aromatic rings. The van der Waals surface area contributed by atoms with Crippen LogP contribution >= 0.6 is 0 Å². The van der Waals surface area contributed by atoms with Gasteiger partial charge in [-0.3, -0.25) is 9.59 Å². The van der Waals surface area contributed by atoms with Crippen LogP contribution in [0.3, 0.4) is 0 Å². The van der Waals surface area contributed by atoms with Crippen molar-refractivity contribution in [3.05, 3.63) is 0 Å². The predicted octanol–water partition coefficient (Wildman–Crippen LogP) is 17.0. The normalized spacial score (nSPS) is 12.6. The fourth-order valence-corrected chi connectivity index (χ4v) is 9.54. The Morgan fingerprint density at radius 3 is 0.901 bits per heavy atom. The van der Waals surface area contributed by atoms with Gasteiger partial charge in [-0.15, -0.1) is 0 Å². The first-order valence-corrected chi connectivity index (χ1v) is 31.2. The molecule has 0 radical (unpaired) electrons. The van der Waals surface area contributed by atoms with Gasteiger partial charge in [-0.2, -0.15) is 0 Å². The summed E-state index contributed by atoms with van der Waals surface area (Å²) in [4.78, 5) is 36.8. The molecule has 9 nitrogen and oxygen atoms in total. The van der Waals surface area contributed by atoms with Crippen LogP contribution < -0.4 is 5.11 Å². The summed E-state index contributed by atoms with van der Waals surface area (Å²) in [5, 5.41) is 11.7. The zero-order valence-electron chi connectivity index (χ0n) is 48.1. The van der Waals surface area contributed by atoms with E-state index in [0.29, 0.717) is 17.4 Å². The molecule has 0 heterocycles. The van der Waals surface area contributed by atoms with Crippen molar-refractivity contribution in [2.75, 3.05) is 47.5 Å². The molecule has 0 N–H and O–H groups in total. The highest BCUT2D eigenvalue weighted by atomic mass is 16.7. The van der Waals surface area contributed by atoms with Gasteiger partial charge in [-0.25, -0.2) is 0 Å². The number of carboxylic acids is 1. The van der Waals surface area contributed by atoms with Gasteiger partial charge < -0.3 is 33.3 Å². The number of carbonyl (C=O) groups excluding carboxylic acids is 3. The average molecular weight is 1010 g/mol. The molecule has 0 aliphatic carbocycles. The summed E-state index contributed by atoms with van der Waals surface area (Å²) < 4.78 is 22.5. The number of quaternary nitrogens is 1. The maximum atomic E-state index is 12.7. The molecular weight excluding hydrogens is 887 g/mol. The van der Waals surface area contributed by atoms with Crippen molar-refractivity contribution in [1.82, 2.24) is 0 Å². The minimum absolute atomic E-state index is 0.152. The smallest absolute Gasteiger partial charge is 0.306 e. The van der Waals surface area contributed by atoms with Gasteiger partial charge in [-0.05, 0) is 12.8 Å². The van der Waals surface area contributed by atoms with Crippen LogP contribution in [0.4, 0.5) is 0 Å². The molecule has 0 aliphatic rings. The minimum atomic E-state index is -1.61. The first-order chi connectivity index (χ1) is 34.6. The molecule has 2 atom stereocenters. The number of rotatable bonds is 59. The van der Waals surface area contributed by atoms with E-state index in [1.165, 1.54) is 244 Å². The number of likely N-dealkylation sites (N-methyl/N-ethyl adjacent to an activating group) is 1. The summed E-state index contributed by atoms with van der Waals surface area (Å²) in [5.74, 6) is -2.28. The predicted molar refractivity (Wildman–Crippen MR) is 297 cm³/mol. The number of carboxylic acid groups (broad SMARTS) is 1.